The Morgan fingerprint density at radius 3 is 2.17 bits per heavy atom. The third kappa shape index (κ3) is 5.63. The maximum atomic E-state index is 12.6. The van der Waals surface area contributed by atoms with Crippen LogP contribution in [0.1, 0.15) is 53.7 Å². The molecule has 1 aromatic rings. The molecule has 0 aliphatic carbocycles. The minimum absolute atomic E-state index is 0.0163. The van der Waals surface area contributed by atoms with E-state index in [1.165, 1.54) is 6.20 Å². The summed E-state index contributed by atoms with van der Waals surface area (Å²) >= 11 is 5.74. The molecule has 0 N–H and O–H groups in total. The molecule has 24 heavy (non-hydrogen) atoms. The van der Waals surface area contributed by atoms with Crippen LogP contribution in [0.2, 0.25) is 5.28 Å². The first-order chi connectivity index (χ1) is 10.9. The molecule has 0 radical (unpaired) electrons. The molecule has 0 fully saturated rings. The van der Waals surface area contributed by atoms with Gasteiger partial charge in [-0.1, -0.05) is 6.92 Å². The van der Waals surface area contributed by atoms with E-state index < -0.39 is 23.4 Å². The largest absolute Gasteiger partial charge is 0.443 e. The fourth-order valence-corrected chi connectivity index (χ4v) is 1.76. The van der Waals surface area contributed by atoms with Crippen LogP contribution in [-0.2, 0) is 9.47 Å². The number of amides is 2. The molecule has 0 saturated heterocycles. The lowest BCUT2D eigenvalue weighted by Gasteiger charge is -2.30. The average molecular weight is 358 g/mol. The van der Waals surface area contributed by atoms with Crippen molar-refractivity contribution in [3.05, 3.63) is 17.2 Å². The van der Waals surface area contributed by atoms with Gasteiger partial charge in [0, 0.05) is 0 Å². The molecule has 8 heteroatoms. The lowest BCUT2D eigenvalue weighted by Crippen LogP contribution is -2.44. The minimum atomic E-state index is -0.867. The predicted molar refractivity (Wildman–Crippen MR) is 91.3 cm³/mol. The molecule has 0 aliphatic rings. The molecule has 0 atom stereocenters. The summed E-state index contributed by atoms with van der Waals surface area (Å²) in [6.07, 6.45) is 0.143. The number of ether oxygens (including phenoxy) is 2. The van der Waals surface area contributed by atoms with E-state index in [0.29, 0.717) is 12.1 Å². The first kappa shape index (κ1) is 20.2. The highest BCUT2D eigenvalue weighted by atomic mass is 35.5. The van der Waals surface area contributed by atoms with E-state index in [2.05, 4.69) is 9.97 Å². The fourth-order valence-electron chi connectivity index (χ4n) is 1.58. The molecule has 0 bridgehead atoms. The van der Waals surface area contributed by atoms with Crippen LogP contribution in [0.3, 0.4) is 0 Å². The topological polar surface area (TPSA) is 81.6 Å². The molecule has 1 aromatic heterocycles. The predicted octanol–water partition coefficient (Wildman–Crippen LogP) is 4.51. The molecule has 0 saturated carbocycles. The van der Waals surface area contributed by atoms with Crippen molar-refractivity contribution in [3.8, 4) is 0 Å². The van der Waals surface area contributed by atoms with E-state index >= 15 is 0 Å². The van der Waals surface area contributed by atoms with E-state index in [4.69, 9.17) is 21.1 Å². The van der Waals surface area contributed by atoms with Gasteiger partial charge in [-0.05, 0) is 59.6 Å². The van der Waals surface area contributed by atoms with Crippen molar-refractivity contribution < 1.29 is 19.1 Å². The summed E-state index contributed by atoms with van der Waals surface area (Å²) in [6.45, 7) is 12.1. The zero-order chi connectivity index (χ0) is 18.7. The summed E-state index contributed by atoms with van der Waals surface area (Å²) in [6, 6.07) is 0. The quantitative estimate of drug-likeness (QED) is 0.740. The second kappa shape index (κ2) is 7.34. The van der Waals surface area contributed by atoms with Crippen molar-refractivity contribution in [1.29, 1.82) is 0 Å². The number of rotatable bonds is 3. The number of hydrogen-bond donors (Lipinski definition) is 0. The van der Waals surface area contributed by atoms with Crippen LogP contribution in [-0.4, -0.2) is 33.4 Å². The Labute approximate surface area is 147 Å². The molecular weight excluding hydrogens is 334 g/mol. The minimum Gasteiger partial charge on any atom is -0.443 e. The number of imide groups is 1. The van der Waals surface area contributed by atoms with E-state index in [9.17, 15) is 9.59 Å². The highest BCUT2D eigenvalue weighted by Crippen LogP contribution is 2.25. The van der Waals surface area contributed by atoms with Crippen LogP contribution >= 0.6 is 11.6 Å². The molecule has 2 amide bonds. The monoisotopic (exact) mass is 357 g/mol. The summed E-state index contributed by atoms with van der Waals surface area (Å²) in [7, 11) is 0. The summed E-state index contributed by atoms with van der Waals surface area (Å²) in [5.41, 5.74) is -1.01. The zero-order valence-corrected chi connectivity index (χ0v) is 15.9. The van der Waals surface area contributed by atoms with E-state index in [1.54, 1.807) is 41.5 Å². The normalized spacial score (nSPS) is 11.8. The molecule has 7 nitrogen and oxygen atoms in total. The lowest BCUT2D eigenvalue weighted by molar-refractivity contribution is 0.0330. The maximum absolute atomic E-state index is 12.6. The Kier molecular flexibility index (Phi) is 6.16. The van der Waals surface area contributed by atoms with Crippen LogP contribution in [0.5, 0.6) is 0 Å². The van der Waals surface area contributed by atoms with Gasteiger partial charge in [-0.3, -0.25) is 0 Å². The third-order valence-electron chi connectivity index (χ3n) is 3.14. The second-order valence-corrected chi connectivity index (χ2v) is 7.24. The molecule has 0 aliphatic heterocycles. The number of hydrogen-bond acceptors (Lipinski definition) is 6. The highest BCUT2D eigenvalue weighted by Gasteiger charge is 2.34. The SMILES string of the molecule is CCC(C)(C)OC(=O)N(C(=O)OC(C)(C)C)c1cnc(Cl)nc1C. The van der Waals surface area contributed by atoms with Gasteiger partial charge in [-0.25, -0.2) is 19.6 Å². The first-order valence-electron chi connectivity index (χ1n) is 7.61. The van der Waals surface area contributed by atoms with Gasteiger partial charge < -0.3 is 9.47 Å². The molecule has 0 unspecified atom stereocenters. The maximum Gasteiger partial charge on any atom is 0.424 e. The van der Waals surface area contributed by atoms with Gasteiger partial charge in [-0.2, -0.15) is 4.90 Å². The van der Waals surface area contributed by atoms with Crippen LogP contribution in [0.15, 0.2) is 6.20 Å². The van der Waals surface area contributed by atoms with Crippen LogP contribution in [0, 0.1) is 6.92 Å². The Morgan fingerprint density at radius 1 is 1.17 bits per heavy atom. The summed E-state index contributed by atoms with van der Waals surface area (Å²) in [5, 5.41) is 0.0163. The number of aryl methyl sites for hydroxylation is 1. The molecule has 0 spiro atoms. The van der Waals surface area contributed by atoms with Gasteiger partial charge in [-0.15, -0.1) is 0 Å². The number of anilines is 1. The Hall–Kier alpha value is -1.89. The lowest BCUT2D eigenvalue weighted by atomic mass is 10.1. The smallest absolute Gasteiger partial charge is 0.424 e. The van der Waals surface area contributed by atoms with Gasteiger partial charge in [0.15, 0.2) is 0 Å². The van der Waals surface area contributed by atoms with Crippen molar-refractivity contribution in [2.24, 2.45) is 0 Å². The standard InChI is InChI=1S/C16H24ClN3O4/c1-8-16(6,7)24-14(22)20(13(21)23-15(3,4)5)11-9-18-12(17)19-10(11)2/h9H,8H2,1-7H3. The van der Waals surface area contributed by atoms with Crippen LogP contribution in [0.25, 0.3) is 0 Å². The molecule has 1 rings (SSSR count). The van der Waals surface area contributed by atoms with Gasteiger partial charge in [0.05, 0.1) is 17.6 Å². The van der Waals surface area contributed by atoms with E-state index in [1.807, 2.05) is 6.92 Å². The summed E-state index contributed by atoms with van der Waals surface area (Å²) < 4.78 is 10.7. The van der Waals surface area contributed by atoms with E-state index in [0.717, 1.165) is 4.90 Å². The van der Waals surface area contributed by atoms with Gasteiger partial charge in [0.2, 0.25) is 5.28 Å². The van der Waals surface area contributed by atoms with Crippen molar-refractivity contribution in [3.63, 3.8) is 0 Å². The second-order valence-electron chi connectivity index (χ2n) is 6.91. The Morgan fingerprint density at radius 2 is 1.71 bits per heavy atom. The van der Waals surface area contributed by atoms with Crippen molar-refractivity contribution >= 4 is 29.5 Å². The Balaban J connectivity index is 3.26. The van der Waals surface area contributed by atoms with Gasteiger partial charge in [0.1, 0.15) is 11.2 Å². The average Bonchev–Trinajstić information content (AvgIpc) is 2.39. The van der Waals surface area contributed by atoms with Crippen LogP contribution < -0.4 is 4.90 Å². The molecule has 0 aromatic carbocycles. The third-order valence-corrected chi connectivity index (χ3v) is 3.32. The summed E-state index contributed by atoms with van der Waals surface area (Å²) in [5.74, 6) is 0. The number of carbonyl (C=O) groups excluding carboxylic acids is 2. The van der Waals surface area contributed by atoms with Gasteiger partial charge >= 0.3 is 12.2 Å². The van der Waals surface area contributed by atoms with Crippen molar-refractivity contribution in [2.75, 3.05) is 4.90 Å². The number of aromatic nitrogens is 2. The first-order valence-corrected chi connectivity index (χ1v) is 7.99. The summed E-state index contributed by atoms with van der Waals surface area (Å²) in [4.78, 5) is 33.7. The van der Waals surface area contributed by atoms with Gasteiger partial charge in [0.25, 0.3) is 0 Å². The molecular formula is C16H24ClN3O4. The Bertz CT molecular complexity index is 626. The number of carbonyl (C=O) groups is 2. The zero-order valence-electron chi connectivity index (χ0n) is 15.1. The number of halogens is 1. The highest BCUT2D eigenvalue weighted by molar-refractivity contribution is 6.28. The van der Waals surface area contributed by atoms with E-state index in [-0.39, 0.29) is 11.0 Å². The van der Waals surface area contributed by atoms with Crippen molar-refractivity contribution in [1.82, 2.24) is 9.97 Å². The van der Waals surface area contributed by atoms with Crippen LogP contribution in [0.4, 0.5) is 15.3 Å². The fraction of sp³-hybridized carbons (Fsp3) is 0.625. The van der Waals surface area contributed by atoms with Crippen molar-refractivity contribution in [2.45, 2.75) is 66.1 Å². The molecule has 134 valence electrons. The molecule has 1 heterocycles. The number of nitrogens with zero attached hydrogens (tertiary/aromatic N) is 3.